The summed E-state index contributed by atoms with van der Waals surface area (Å²) in [6.45, 7) is 3.55. The topological polar surface area (TPSA) is 154 Å². The Bertz CT molecular complexity index is 1370. The molecule has 0 spiro atoms. The maximum absolute atomic E-state index is 12.6. The highest BCUT2D eigenvalue weighted by molar-refractivity contribution is 7.90. The molecule has 4 amide bonds. The summed E-state index contributed by atoms with van der Waals surface area (Å²) in [6.07, 6.45) is 1.72. The average molecular weight is 544 g/mol. The lowest BCUT2D eigenvalue weighted by Gasteiger charge is -2.35. The number of benzene rings is 1. The second-order valence-corrected chi connectivity index (χ2v) is 10.7. The second-order valence-electron chi connectivity index (χ2n) is 8.15. The summed E-state index contributed by atoms with van der Waals surface area (Å²) >= 11 is 1.23. The smallest absolute Gasteiger partial charge is 0.323 e. The Morgan fingerprint density at radius 3 is 2.38 bits per heavy atom. The first-order valence-electron chi connectivity index (χ1n) is 11.3. The van der Waals surface area contributed by atoms with E-state index in [0.717, 1.165) is 12.7 Å². The van der Waals surface area contributed by atoms with E-state index in [1.165, 1.54) is 35.6 Å². The molecule has 0 unspecified atom stereocenters. The molecule has 0 aliphatic carbocycles. The number of amides is 4. The number of carbonyl (C=O) groups is 3. The predicted molar refractivity (Wildman–Crippen MR) is 139 cm³/mol. The number of nitrogens with zero attached hydrogens (tertiary/aromatic N) is 4. The third-order valence-corrected chi connectivity index (χ3v) is 7.63. The van der Waals surface area contributed by atoms with Gasteiger partial charge in [-0.2, -0.15) is 0 Å². The molecular formula is C23H25N7O5S2. The first-order valence-corrected chi connectivity index (χ1v) is 13.7. The van der Waals surface area contributed by atoms with Gasteiger partial charge in [0, 0.05) is 50.4 Å². The molecule has 3 heterocycles. The summed E-state index contributed by atoms with van der Waals surface area (Å²) < 4.78 is 25.9. The van der Waals surface area contributed by atoms with Crippen LogP contribution in [0.4, 0.5) is 21.4 Å². The van der Waals surface area contributed by atoms with Gasteiger partial charge in [0.1, 0.15) is 5.82 Å². The van der Waals surface area contributed by atoms with Crippen molar-refractivity contribution in [3.8, 4) is 0 Å². The van der Waals surface area contributed by atoms with Gasteiger partial charge in [-0.1, -0.05) is 6.07 Å². The Labute approximate surface area is 217 Å². The number of thiazole rings is 1. The number of pyridine rings is 1. The van der Waals surface area contributed by atoms with Crippen molar-refractivity contribution in [2.45, 2.75) is 18.2 Å². The van der Waals surface area contributed by atoms with Crippen molar-refractivity contribution < 1.29 is 22.8 Å². The van der Waals surface area contributed by atoms with Gasteiger partial charge in [-0.05, 0) is 36.4 Å². The van der Waals surface area contributed by atoms with E-state index in [1.807, 2.05) is 22.9 Å². The summed E-state index contributed by atoms with van der Waals surface area (Å²) in [5.41, 5.74) is 0.878. The molecule has 1 saturated heterocycles. The Morgan fingerprint density at radius 1 is 1.00 bits per heavy atom. The van der Waals surface area contributed by atoms with Crippen molar-refractivity contribution >= 4 is 55.8 Å². The normalized spacial score (nSPS) is 13.6. The Kier molecular flexibility index (Phi) is 7.98. The molecule has 0 saturated carbocycles. The highest BCUT2D eigenvalue weighted by Gasteiger charge is 2.22. The quantitative estimate of drug-likeness (QED) is 0.408. The molecule has 1 fully saturated rings. The van der Waals surface area contributed by atoms with Crippen LogP contribution in [-0.4, -0.2) is 67.3 Å². The number of carbonyl (C=O) groups excluding carboxylic acids is 3. The highest BCUT2D eigenvalue weighted by atomic mass is 32.2. The highest BCUT2D eigenvalue weighted by Crippen LogP contribution is 2.19. The summed E-state index contributed by atoms with van der Waals surface area (Å²) in [6, 6.07) is 10.9. The fourth-order valence-electron chi connectivity index (χ4n) is 3.63. The van der Waals surface area contributed by atoms with Gasteiger partial charge < -0.3 is 15.1 Å². The number of urea groups is 1. The van der Waals surface area contributed by atoms with Gasteiger partial charge in [-0.15, -0.1) is 11.3 Å². The molecule has 0 atom stereocenters. The van der Waals surface area contributed by atoms with Crippen LogP contribution >= 0.6 is 11.3 Å². The summed E-state index contributed by atoms with van der Waals surface area (Å²) in [4.78, 5) is 48.5. The monoisotopic (exact) mass is 543 g/mol. The Hall–Kier alpha value is -4.04. The van der Waals surface area contributed by atoms with E-state index < -0.39 is 15.9 Å². The zero-order chi connectivity index (χ0) is 26.4. The van der Waals surface area contributed by atoms with Crippen LogP contribution in [-0.2, 0) is 26.0 Å². The molecule has 3 aromatic rings. The number of piperazine rings is 1. The SMILES string of the molecule is CC(=O)NS(=O)(=O)c1ccc(NC(=O)Cc2csc(NC(=O)N3CCN(c4ccccn4)CC3)n2)cc1. The zero-order valence-corrected chi connectivity index (χ0v) is 21.5. The van der Waals surface area contributed by atoms with Gasteiger partial charge in [0.25, 0.3) is 10.0 Å². The Morgan fingerprint density at radius 2 is 1.73 bits per heavy atom. The minimum Gasteiger partial charge on any atom is -0.353 e. The molecule has 2 aromatic heterocycles. The molecule has 1 aliphatic rings. The van der Waals surface area contributed by atoms with E-state index in [-0.39, 0.29) is 23.3 Å². The molecule has 194 valence electrons. The van der Waals surface area contributed by atoms with E-state index in [4.69, 9.17) is 0 Å². The minimum absolute atomic E-state index is 0.0267. The van der Waals surface area contributed by atoms with Crippen molar-refractivity contribution in [3.05, 3.63) is 59.7 Å². The summed E-state index contributed by atoms with van der Waals surface area (Å²) in [5, 5.41) is 7.54. The van der Waals surface area contributed by atoms with Crippen LogP contribution in [0.1, 0.15) is 12.6 Å². The van der Waals surface area contributed by atoms with Gasteiger partial charge in [0.2, 0.25) is 11.8 Å². The van der Waals surface area contributed by atoms with E-state index >= 15 is 0 Å². The van der Waals surface area contributed by atoms with Crippen molar-refractivity contribution in [2.24, 2.45) is 0 Å². The fraction of sp³-hybridized carbons (Fsp3) is 0.261. The van der Waals surface area contributed by atoms with Gasteiger partial charge in [-0.25, -0.2) is 27.9 Å². The summed E-state index contributed by atoms with van der Waals surface area (Å²) in [7, 11) is -3.95. The lowest BCUT2D eigenvalue weighted by molar-refractivity contribution is -0.117. The lowest BCUT2D eigenvalue weighted by Crippen LogP contribution is -2.50. The van der Waals surface area contributed by atoms with Crippen LogP contribution in [0.3, 0.4) is 0 Å². The number of rotatable bonds is 7. The van der Waals surface area contributed by atoms with Gasteiger partial charge in [-0.3, -0.25) is 14.9 Å². The number of nitrogens with one attached hydrogen (secondary N) is 3. The molecule has 14 heteroatoms. The van der Waals surface area contributed by atoms with Gasteiger partial charge in [0.05, 0.1) is 17.0 Å². The summed E-state index contributed by atoms with van der Waals surface area (Å²) in [5.74, 6) is -0.165. The van der Waals surface area contributed by atoms with Crippen molar-refractivity contribution in [1.29, 1.82) is 0 Å². The van der Waals surface area contributed by atoms with Crippen molar-refractivity contribution in [2.75, 3.05) is 41.7 Å². The number of aromatic nitrogens is 2. The van der Waals surface area contributed by atoms with Crippen LogP contribution in [0.15, 0.2) is 58.9 Å². The number of anilines is 3. The first-order chi connectivity index (χ1) is 17.7. The van der Waals surface area contributed by atoms with Crippen LogP contribution in [0, 0.1) is 0 Å². The van der Waals surface area contributed by atoms with Crippen molar-refractivity contribution in [1.82, 2.24) is 19.6 Å². The Balaban J connectivity index is 1.25. The van der Waals surface area contributed by atoms with E-state index in [9.17, 15) is 22.8 Å². The molecule has 0 radical (unpaired) electrons. The third kappa shape index (κ3) is 7.01. The van der Waals surface area contributed by atoms with E-state index in [1.54, 1.807) is 16.5 Å². The molecule has 12 nitrogen and oxygen atoms in total. The van der Waals surface area contributed by atoms with E-state index in [2.05, 4.69) is 25.5 Å². The maximum atomic E-state index is 12.6. The number of hydrogen-bond acceptors (Lipinski definition) is 9. The lowest BCUT2D eigenvalue weighted by atomic mass is 10.3. The fourth-order valence-corrected chi connectivity index (χ4v) is 5.32. The molecule has 0 bridgehead atoms. The first kappa shape index (κ1) is 26.0. The van der Waals surface area contributed by atoms with Gasteiger partial charge in [0.15, 0.2) is 5.13 Å². The number of hydrogen-bond donors (Lipinski definition) is 3. The number of sulfonamides is 1. The van der Waals surface area contributed by atoms with Crippen LogP contribution in [0.5, 0.6) is 0 Å². The second kappa shape index (κ2) is 11.3. The molecular weight excluding hydrogens is 518 g/mol. The molecule has 4 rings (SSSR count). The average Bonchev–Trinajstić information content (AvgIpc) is 3.30. The molecule has 3 N–H and O–H groups in total. The van der Waals surface area contributed by atoms with Gasteiger partial charge >= 0.3 is 6.03 Å². The molecule has 37 heavy (non-hydrogen) atoms. The molecule has 1 aliphatic heterocycles. The van der Waals surface area contributed by atoms with E-state index in [0.29, 0.717) is 42.7 Å². The zero-order valence-electron chi connectivity index (χ0n) is 19.9. The van der Waals surface area contributed by atoms with Crippen LogP contribution in [0.2, 0.25) is 0 Å². The van der Waals surface area contributed by atoms with Crippen molar-refractivity contribution in [3.63, 3.8) is 0 Å². The maximum Gasteiger partial charge on any atom is 0.323 e. The largest absolute Gasteiger partial charge is 0.353 e. The minimum atomic E-state index is -3.95. The van der Waals surface area contributed by atoms with Crippen LogP contribution in [0.25, 0.3) is 0 Å². The predicted octanol–water partition coefficient (Wildman–Crippen LogP) is 1.90. The third-order valence-electron chi connectivity index (χ3n) is 5.37. The van der Waals surface area contributed by atoms with Crippen LogP contribution < -0.4 is 20.3 Å². The standard InChI is InChI=1S/C23H25N7O5S2/c1-16(31)28-37(34,35)19-7-5-17(6-8-19)25-21(32)14-18-15-36-22(26-18)27-23(33)30-12-10-29(11-13-30)20-4-2-3-9-24-20/h2-9,15H,10-14H2,1H3,(H,25,32)(H,28,31)(H,26,27,33). The molecule has 1 aromatic carbocycles.